The summed E-state index contributed by atoms with van der Waals surface area (Å²) in [5.74, 6) is -2.04. The Bertz CT molecular complexity index is 639. The summed E-state index contributed by atoms with van der Waals surface area (Å²) in [6.07, 6.45) is -6.61. The summed E-state index contributed by atoms with van der Waals surface area (Å²) in [6, 6.07) is 8.20. The highest BCUT2D eigenvalue weighted by Crippen LogP contribution is 2.31. The molecular weight excluding hydrogens is 365 g/mol. The minimum absolute atomic E-state index is 0.0621. The molecule has 1 fully saturated rings. The van der Waals surface area contributed by atoms with E-state index in [1.165, 1.54) is 4.90 Å². The number of carbonyl (C=O) groups is 2. The van der Waals surface area contributed by atoms with Crippen LogP contribution in [0.5, 0.6) is 0 Å². The van der Waals surface area contributed by atoms with Crippen molar-refractivity contribution in [2.24, 2.45) is 5.92 Å². The molecule has 0 aliphatic carbocycles. The largest absolute Gasteiger partial charge is 0.481 e. The van der Waals surface area contributed by atoms with Crippen LogP contribution in [-0.4, -0.2) is 58.5 Å². The number of aliphatic hydroxyl groups is 1. The average Bonchev–Trinajstić information content (AvgIpc) is 3.09. The number of nitrogens with one attached hydrogen (secondary N) is 1. The Hall–Kier alpha value is -2.29. The Morgan fingerprint density at radius 3 is 2.52 bits per heavy atom. The zero-order valence-corrected chi connectivity index (χ0v) is 14.7. The van der Waals surface area contributed by atoms with Crippen molar-refractivity contribution in [2.45, 2.75) is 44.0 Å². The van der Waals surface area contributed by atoms with Gasteiger partial charge in [0.05, 0.1) is 0 Å². The maximum Gasteiger partial charge on any atom is 0.414 e. The number of alkyl halides is 3. The second-order valence-electron chi connectivity index (χ2n) is 6.75. The number of amides is 2. The molecule has 3 N–H and O–H groups in total. The fourth-order valence-corrected chi connectivity index (χ4v) is 3.18. The molecule has 3 unspecified atom stereocenters. The molecule has 1 saturated heterocycles. The van der Waals surface area contributed by atoms with Gasteiger partial charge >= 0.3 is 18.2 Å². The van der Waals surface area contributed by atoms with Crippen molar-refractivity contribution in [3.05, 3.63) is 35.9 Å². The number of rotatable bonds is 7. The number of carbonyl (C=O) groups excluding carboxylic acids is 1. The molecule has 3 atom stereocenters. The van der Waals surface area contributed by atoms with Gasteiger partial charge in [-0.2, -0.15) is 13.2 Å². The van der Waals surface area contributed by atoms with Gasteiger partial charge in [-0.15, -0.1) is 0 Å². The van der Waals surface area contributed by atoms with E-state index in [2.05, 4.69) is 5.32 Å². The molecule has 27 heavy (non-hydrogen) atoms. The summed E-state index contributed by atoms with van der Waals surface area (Å²) < 4.78 is 37.9. The van der Waals surface area contributed by atoms with Gasteiger partial charge in [0.2, 0.25) is 0 Å². The molecule has 1 aliphatic rings. The third-order valence-corrected chi connectivity index (χ3v) is 4.65. The number of aliphatic carboxylic acids is 1. The van der Waals surface area contributed by atoms with E-state index in [1.54, 1.807) is 0 Å². The molecule has 6 nitrogen and oxygen atoms in total. The van der Waals surface area contributed by atoms with E-state index < -0.39 is 36.2 Å². The van der Waals surface area contributed by atoms with Gasteiger partial charge in [-0.05, 0) is 24.8 Å². The molecule has 0 spiro atoms. The van der Waals surface area contributed by atoms with Crippen molar-refractivity contribution < 1.29 is 33.0 Å². The molecule has 9 heteroatoms. The summed E-state index contributed by atoms with van der Waals surface area (Å²) in [4.78, 5) is 24.5. The monoisotopic (exact) mass is 388 g/mol. The lowest BCUT2D eigenvalue weighted by atomic mass is 10.0. The highest BCUT2D eigenvalue weighted by Gasteiger charge is 2.46. The highest BCUT2D eigenvalue weighted by atomic mass is 19.4. The average molecular weight is 388 g/mol. The van der Waals surface area contributed by atoms with Gasteiger partial charge in [0.25, 0.3) is 0 Å². The van der Waals surface area contributed by atoms with Crippen LogP contribution in [0.15, 0.2) is 30.3 Å². The van der Waals surface area contributed by atoms with Crippen molar-refractivity contribution in [1.29, 1.82) is 0 Å². The van der Waals surface area contributed by atoms with Gasteiger partial charge in [0.15, 0.2) is 6.10 Å². The summed E-state index contributed by atoms with van der Waals surface area (Å²) in [6.45, 7) is -0.0792. The minimum atomic E-state index is -4.71. The molecule has 1 aliphatic heterocycles. The van der Waals surface area contributed by atoms with Gasteiger partial charge in [-0.3, -0.25) is 4.79 Å². The number of aliphatic hydroxyl groups excluding tert-OH is 1. The predicted octanol–water partition coefficient (Wildman–Crippen LogP) is 2.42. The number of nitrogens with zero attached hydrogens (tertiary/aromatic N) is 1. The van der Waals surface area contributed by atoms with Gasteiger partial charge in [-0.1, -0.05) is 30.3 Å². The first-order chi connectivity index (χ1) is 12.7. The zero-order chi connectivity index (χ0) is 20.0. The van der Waals surface area contributed by atoms with E-state index in [1.807, 2.05) is 30.3 Å². The van der Waals surface area contributed by atoms with Crippen molar-refractivity contribution in [1.82, 2.24) is 10.2 Å². The van der Waals surface area contributed by atoms with Crippen molar-refractivity contribution >= 4 is 12.0 Å². The Kier molecular flexibility index (Phi) is 7.06. The van der Waals surface area contributed by atoms with E-state index in [4.69, 9.17) is 5.11 Å². The first-order valence-corrected chi connectivity index (χ1v) is 8.72. The topological polar surface area (TPSA) is 89.9 Å². The molecule has 0 bridgehead atoms. The van der Waals surface area contributed by atoms with Gasteiger partial charge in [-0.25, -0.2) is 4.79 Å². The van der Waals surface area contributed by atoms with E-state index in [0.717, 1.165) is 5.56 Å². The number of halogens is 3. The molecule has 2 amide bonds. The van der Waals surface area contributed by atoms with Crippen LogP contribution in [0.2, 0.25) is 0 Å². The van der Waals surface area contributed by atoms with Gasteiger partial charge in [0.1, 0.15) is 0 Å². The maximum atomic E-state index is 12.6. The van der Waals surface area contributed by atoms with Gasteiger partial charge < -0.3 is 20.4 Å². The van der Waals surface area contributed by atoms with Crippen LogP contribution in [0, 0.1) is 5.92 Å². The lowest BCUT2D eigenvalue weighted by Crippen LogP contribution is -2.46. The molecule has 0 radical (unpaired) electrons. The Labute approximate surface area is 155 Å². The quantitative estimate of drug-likeness (QED) is 0.669. The summed E-state index contributed by atoms with van der Waals surface area (Å²) >= 11 is 0. The van der Waals surface area contributed by atoms with Crippen LogP contribution in [-0.2, 0) is 11.2 Å². The van der Waals surface area contributed by atoms with Crippen molar-refractivity contribution in [3.63, 3.8) is 0 Å². The van der Waals surface area contributed by atoms with Crippen LogP contribution in [0.25, 0.3) is 0 Å². The Morgan fingerprint density at radius 1 is 1.26 bits per heavy atom. The van der Waals surface area contributed by atoms with Crippen LogP contribution < -0.4 is 5.32 Å². The summed E-state index contributed by atoms with van der Waals surface area (Å²) in [5.41, 5.74) is 0.917. The second-order valence-corrected chi connectivity index (χ2v) is 6.75. The second kappa shape index (κ2) is 9.07. The molecule has 0 saturated carbocycles. The summed E-state index contributed by atoms with van der Waals surface area (Å²) in [7, 11) is 0. The first kappa shape index (κ1) is 21.0. The lowest BCUT2D eigenvalue weighted by molar-refractivity contribution is -0.217. The smallest absolute Gasteiger partial charge is 0.414 e. The lowest BCUT2D eigenvalue weighted by Gasteiger charge is -2.24. The van der Waals surface area contributed by atoms with E-state index in [-0.39, 0.29) is 32.4 Å². The minimum Gasteiger partial charge on any atom is -0.481 e. The standard InChI is InChI=1S/C18H23F3N2O4/c19-18(20,21)16(26)13-8-9-23(11-13)17(27)22-14(6-7-15(24)25)10-12-4-2-1-3-5-12/h1-5,13-14,16,26H,6-11H2,(H,22,27)(H,24,25). The third-order valence-electron chi connectivity index (χ3n) is 4.65. The van der Waals surface area contributed by atoms with E-state index in [9.17, 15) is 27.9 Å². The molecule has 1 aromatic rings. The fraction of sp³-hybridized carbons (Fsp3) is 0.556. The number of carboxylic acid groups (broad SMARTS) is 1. The number of benzene rings is 1. The van der Waals surface area contributed by atoms with Crippen LogP contribution in [0.4, 0.5) is 18.0 Å². The molecule has 1 heterocycles. The number of urea groups is 1. The van der Waals surface area contributed by atoms with Crippen molar-refractivity contribution in [3.8, 4) is 0 Å². The first-order valence-electron chi connectivity index (χ1n) is 8.72. The number of carboxylic acids is 1. The molecular formula is C18H23F3N2O4. The number of hydrogen-bond donors (Lipinski definition) is 3. The number of likely N-dealkylation sites (tertiary alicyclic amines) is 1. The number of hydrogen-bond acceptors (Lipinski definition) is 3. The zero-order valence-electron chi connectivity index (χ0n) is 14.7. The molecule has 1 aromatic carbocycles. The molecule has 0 aromatic heterocycles. The van der Waals surface area contributed by atoms with Crippen LogP contribution >= 0.6 is 0 Å². The van der Waals surface area contributed by atoms with Crippen LogP contribution in [0.3, 0.4) is 0 Å². The SMILES string of the molecule is O=C(O)CCC(Cc1ccccc1)NC(=O)N1CCC(C(O)C(F)(F)F)C1. The predicted molar refractivity (Wildman–Crippen MR) is 91.1 cm³/mol. The van der Waals surface area contributed by atoms with Gasteiger partial charge in [0, 0.05) is 31.5 Å². The van der Waals surface area contributed by atoms with Crippen molar-refractivity contribution in [2.75, 3.05) is 13.1 Å². The van der Waals surface area contributed by atoms with E-state index in [0.29, 0.717) is 6.42 Å². The Morgan fingerprint density at radius 2 is 1.93 bits per heavy atom. The van der Waals surface area contributed by atoms with E-state index >= 15 is 0 Å². The maximum absolute atomic E-state index is 12.6. The molecule has 2 rings (SSSR count). The fourth-order valence-electron chi connectivity index (χ4n) is 3.18. The Balaban J connectivity index is 1.95. The summed E-state index contributed by atoms with van der Waals surface area (Å²) in [5, 5.41) is 21.0. The molecule has 150 valence electrons. The van der Waals surface area contributed by atoms with Crippen LogP contribution in [0.1, 0.15) is 24.8 Å². The highest BCUT2D eigenvalue weighted by molar-refractivity contribution is 5.75. The third kappa shape index (κ3) is 6.42. The normalized spacial score (nSPS) is 19.6.